The lowest BCUT2D eigenvalue weighted by Gasteiger charge is -2.22. The first-order chi connectivity index (χ1) is 16.3. The minimum absolute atomic E-state index is 0.0299. The quantitative estimate of drug-likeness (QED) is 0.556. The fourth-order valence-corrected chi connectivity index (χ4v) is 5.82. The summed E-state index contributed by atoms with van der Waals surface area (Å²) in [7, 11) is -2.45. The lowest BCUT2D eigenvalue weighted by molar-refractivity contribution is -0.123. The number of hydrogen-bond acceptors (Lipinski definition) is 7. The second kappa shape index (κ2) is 12.2. The molecule has 0 spiro atoms. The van der Waals surface area contributed by atoms with Crippen LogP contribution in [-0.2, 0) is 19.6 Å². The van der Waals surface area contributed by atoms with Gasteiger partial charge in [0.15, 0.2) is 6.61 Å². The Morgan fingerprint density at radius 2 is 1.65 bits per heavy atom. The topological polar surface area (TPSA) is 131 Å². The van der Waals surface area contributed by atoms with Crippen molar-refractivity contribution in [3.8, 4) is 5.75 Å². The van der Waals surface area contributed by atoms with Crippen LogP contribution in [0.25, 0.3) is 0 Å². The van der Waals surface area contributed by atoms with Gasteiger partial charge < -0.3 is 14.8 Å². The van der Waals surface area contributed by atoms with Gasteiger partial charge in [0, 0.05) is 19.1 Å². The first kappa shape index (κ1) is 26.0. The van der Waals surface area contributed by atoms with Crippen molar-refractivity contribution in [1.29, 1.82) is 0 Å². The lowest BCUT2D eigenvalue weighted by Crippen LogP contribution is -2.46. The molecule has 0 radical (unpaired) electrons. The summed E-state index contributed by atoms with van der Waals surface area (Å²) < 4.78 is 37.8. The normalized spacial score (nSPS) is 17.9. The summed E-state index contributed by atoms with van der Waals surface area (Å²) in [6.07, 6.45) is 8.47. The van der Waals surface area contributed by atoms with Crippen molar-refractivity contribution in [2.75, 3.05) is 26.8 Å². The van der Waals surface area contributed by atoms with Crippen LogP contribution in [0.4, 0.5) is 4.79 Å². The molecule has 10 nitrogen and oxygen atoms in total. The van der Waals surface area contributed by atoms with E-state index in [9.17, 15) is 22.8 Å². The average molecular weight is 496 g/mol. The Kier molecular flexibility index (Phi) is 9.28. The third-order valence-electron chi connectivity index (χ3n) is 6.12. The molecule has 1 aromatic rings. The van der Waals surface area contributed by atoms with Gasteiger partial charge in [-0.2, -0.15) is 4.31 Å². The van der Waals surface area contributed by atoms with Gasteiger partial charge in [-0.15, -0.1) is 0 Å². The fraction of sp³-hybridized carbons (Fsp3) is 0.609. The van der Waals surface area contributed by atoms with E-state index in [0.29, 0.717) is 13.1 Å². The van der Waals surface area contributed by atoms with E-state index < -0.39 is 34.5 Å². The highest BCUT2D eigenvalue weighted by Gasteiger charge is 2.28. The summed E-state index contributed by atoms with van der Waals surface area (Å²) in [6, 6.07) is 3.38. The largest absolute Gasteiger partial charge is 0.496 e. The maximum absolute atomic E-state index is 13.1. The molecule has 1 aliphatic carbocycles. The number of nitrogens with one attached hydrogen (secondary N) is 2. The molecule has 3 rings (SSSR count). The second-order valence-corrected chi connectivity index (χ2v) is 10.6. The van der Waals surface area contributed by atoms with Crippen molar-refractivity contribution in [1.82, 2.24) is 14.9 Å². The van der Waals surface area contributed by atoms with Crippen LogP contribution in [-0.4, -0.2) is 63.5 Å². The summed E-state index contributed by atoms with van der Waals surface area (Å²) in [5.41, 5.74) is -0.113. The Labute approximate surface area is 200 Å². The van der Waals surface area contributed by atoms with Gasteiger partial charge in [0.05, 0.1) is 12.0 Å². The zero-order valence-corrected chi connectivity index (χ0v) is 20.3. The Morgan fingerprint density at radius 1 is 1.00 bits per heavy atom. The van der Waals surface area contributed by atoms with Gasteiger partial charge >= 0.3 is 12.0 Å². The minimum atomic E-state index is -3.79. The number of carbonyl (C=O) groups excluding carboxylic acids is 3. The highest BCUT2D eigenvalue weighted by Crippen LogP contribution is 2.26. The molecule has 0 aromatic heterocycles. The molecule has 0 atom stereocenters. The van der Waals surface area contributed by atoms with E-state index in [1.807, 2.05) is 0 Å². The number of methoxy groups -OCH3 is 1. The Morgan fingerprint density at radius 3 is 2.29 bits per heavy atom. The molecule has 1 saturated carbocycles. The van der Waals surface area contributed by atoms with Crippen LogP contribution in [0.2, 0.25) is 0 Å². The molecule has 1 heterocycles. The van der Waals surface area contributed by atoms with Crippen LogP contribution in [0, 0.1) is 0 Å². The second-order valence-electron chi connectivity index (χ2n) is 8.61. The summed E-state index contributed by atoms with van der Waals surface area (Å²) in [4.78, 5) is 36.7. The lowest BCUT2D eigenvalue weighted by atomic mass is 9.96. The number of nitrogens with zero attached hydrogens (tertiary/aromatic N) is 1. The van der Waals surface area contributed by atoms with E-state index in [0.717, 1.165) is 57.8 Å². The molecule has 1 aromatic carbocycles. The van der Waals surface area contributed by atoms with Crippen molar-refractivity contribution in [2.45, 2.75) is 68.7 Å². The SMILES string of the molecule is COc1ccc(S(=O)(=O)N2CCCCCC2)cc1C(=O)OCC(=O)NC(=O)NC1CCCCC1. The Bertz CT molecular complexity index is 982. The van der Waals surface area contributed by atoms with E-state index in [1.165, 1.54) is 29.6 Å². The van der Waals surface area contributed by atoms with E-state index >= 15 is 0 Å². The summed E-state index contributed by atoms with van der Waals surface area (Å²) >= 11 is 0. The van der Waals surface area contributed by atoms with Crippen LogP contribution in [0.5, 0.6) is 5.75 Å². The predicted molar refractivity (Wildman–Crippen MR) is 124 cm³/mol. The zero-order valence-electron chi connectivity index (χ0n) is 19.5. The molecule has 1 saturated heterocycles. The third-order valence-corrected chi connectivity index (χ3v) is 8.02. The summed E-state index contributed by atoms with van der Waals surface area (Å²) in [6.45, 7) is 0.164. The van der Waals surface area contributed by atoms with Gasteiger partial charge in [-0.1, -0.05) is 32.1 Å². The third kappa shape index (κ3) is 6.92. The maximum Gasteiger partial charge on any atom is 0.342 e. The van der Waals surface area contributed by atoms with Gasteiger partial charge in [-0.3, -0.25) is 10.1 Å². The van der Waals surface area contributed by atoms with Crippen molar-refractivity contribution < 1.29 is 32.3 Å². The minimum Gasteiger partial charge on any atom is -0.496 e. The molecule has 2 fully saturated rings. The monoisotopic (exact) mass is 495 g/mol. The highest BCUT2D eigenvalue weighted by atomic mass is 32.2. The molecule has 34 heavy (non-hydrogen) atoms. The van der Waals surface area contributed by atoms with Crippen molar-refractivity contribution >= 4 is 27.9 Å². The molecular formula is C23H33N3O7S. The van der Waals surface area contributed by atoms with E-state index in [-0.39, 0.29) is 22.3 Å². The smallest absolute Gasteiger partial charge is 0.342 e. The number of urea groups is 1. The highest BCUT2D eigenvalue weighted by molar-refractivity contribution is 7.89. The molecule has 11 heteroatoms. The number of hydrogen-bond donors (Lipinski definition) is 2. The van der Waals surface area contributed by atoms with Gasteiger partial charge in [-0.05, 0) is 43.9 Å². The van der Waals surface area contributed by atoms with Gasteiger partial charge in [0.1, 0.15) is 11.3 Å². The first-order valence-corrected chi connectivity index (χ1v) is 13.2. The van der Waals surface area contributed by atoms with Crippen molar-refractivity contribution in [3.05, 3.63) is 23.8 Å². The molecule has 0 bridgehead atoms. The number of esters is 1. The molecule has 2 N–H and O–H groups in total. The molecule has 3 amide bonds. The van der Waals surface area contributed by atoms with Gasteiger partial charge in [-0.25, -0.2) is 18.0 Å². The van der Waals surface area contributed by atoms with Crippen molar-refractivity contribution in [2.24, 2.45) is 0 Å². The maximum atomic E-state index is 13.1. The van der Waals surface area contributed by atoms with E-state index in [4.69, 9.17) is 9.47 Å². The number of ether oxygens (including phenoxy) is 2. The van der Waals surface area contributed by atoms with Crippen LogP contribution in [0.3, 0.4) is 0 Å². The van der Waals surface area contributed by atoms with Gasteiger partial charge in [0.25, 0.3) is 5.91 Å². The van der Waals surface area contributed by atoms with E-state index in [1.54, 1.807) is 0 Å². The molecule has 2 aliphatic rings. The summed E-state index contributed by atoms with van der Waals surface area (Å²) in [5, 5.41) is 4.89. The van der Waals surface area contributed by atoms with Crippen LogP contribution < -0.4 is 15.4 Å². The first-order valence-electron chi connectivity index (χ1n) is 11.8. The van der Waals surface area contributed by atoms with Gasteiger partial charge in [0.2, 0.25) is 10.0 Å². The molecule has 188 valence electrons. The molecular weight excluding hydrogens is 462 g/mol. The standard InChI is InChI=1S/C23H33N3O7S/c1-32-20-12-11-18(34(30,31)26-13-7-2-3-8-14-26)15-19(20)22(28)33-16-21(27)25-23(29)24-17-9-5-4-6-10-17/h11-12,15,17H,2-10,13-14,16H2,1H3,(H2,24,25,27,29). The fourth-order valence-electron chi connectivity index (χ4n) is 4.28. The number of carbonyl (C=O) groups is 3. The number of amides is 3. The van der Waals surface area contributed by atoms with Crippen LogP contribution in [0.1, 0.15) is 68.1 Å². The number of sulfonamides is 1. The summed E-state index contributed by atoms with van der Waals surface area (Å²) in [5.74, 6) is -1.59. The van der Waals surface area contributed by atoms with E-state index in [2.05, 4.69) is 10.6 Å². The van der Waals surface area contributed by atoms with Crippen LogP contribution in [0.15, 0.2) is 23.1 Å². The zero-order chi connectivity index (χ0) is 24.6. The van der Waals surface area contributed by atoms with Crippen LogP contribution >= 0.6 is 0 Å². The number of rotatable bonds is 7. The average Bonchev–Trinajstić information content (AvgIpc) is 3.13. The predicted octanol–water partition coefficient (Wildman–Crippen LogP) is 2.58. The van der Waals surface area contributed by atoms with Crippen molar-refractivity contribution in [3.63, 3.8) is 0 Å². The molecule has 0 unspecified atom stereocenters. The molecule has 1 aliphatic heterocycles. The number of imide groups is 1. The number of benzene rings is 1. The Balaban J connectivity index is 1.62. The Hall–Kier alpha value is -2.66.